The molecule has 0 fully saturated rings. The number of hydrogen-bond acceptors (Lipinski definition) is 6. The van der Waals surface area contributed by atoms with Crippen LogP contribution in [0.5, 0.6) is 0 Å². The van der Waals surface area contributed by atoms with Crippen LogP contribution in [0.3, 0.4) is 0 Å². The first kappa shape index (κ1) is 25.1. The van der Waals surface area contributed by atoms with E-state index in [9.17, 15) is 14.9 Å². The minimum atomic E-state index is -0.400. The molecule has 0 spiro atoms. The fourth-order valence-electron chi connectivity index (χ4n) is 3.62. The minimum Gasteiger partial charge on any atom is -0.352 e. The van der Waals surface area contributed by atoms with Crippen LogP contribution in [-0.2, 0) is 12.3 Å². The van der Waals surface area contributed by atoms with Crippen LogP contribution < -0.4 is 5.32 Å². The average Bonchev–Trinajstić information content (AvgIpc) is 3.28. The zero-order chi connectivity index (χ0) is 25.5. The number of para-hydroxylation sites is 1. The van der Waals surface area contributed by atoms with Crippen LogP contribution in [0.25, 0.3) is 11.4 Å². The van der Waals surface area contributed by atoms with Gasteiger partial charge in [0, 0.05) is 23.9 Å². The van der Waals surface area contributed by atoms with Gasteiger partial charge < -0.3 is 5.32 Å². The first-order chi connectivity index (χ1) is 17.4. The number of benzene rings is 3. The van der Waals surface area contributed by atoms with Gasteiger partial charge in [0.15, 0.2) is 11.0 Å². The molecule has 0 bridgehead atoms. The van der Waals surface area contributed by atoms with E-state index in [-0.39, 0.29) is 11.6 Å². The molecule has 1 aromatic heterocycles. The molecule has 8 nitrogen and oxygen atoms in total. The molecule has 184 valence electrons. The van der Waals surface area contributed by atoms with E-state index in [0.717, 1.165) is 11.1 Å². The standard InChI is InChI=1S/C27H27N5O3S/c1-19(2)16-28-26(33)22-14-12-21(13-15-22)18-36-27-30-29-25(23-10-6-7-11-24(23)32(34)35)31(27)17-20-8-4-3-5-9-20/h3-15,19H,16-18H2,1-2H3,(H,28,33). The molecule has 1 N–H and O–H groups in total. The maximum atomic E-state index is 12.3. The molecular weight excluding hydrogens is 474 g/mol. The highest BCUT2D eigenvalue weighted by atomic mass is 32.2. The van der Waals surface area contributed by atoms with E-state index < -0.39 is 4.92 Å². The van der Waals surface area contributed by atoms with Crippen molar-refractivity contribution in [1.29, 1.82) is 0 Å². The Balaban J connectivity index is 1.57. The van der Waals surface area contributed by atoms with Gasteiger partial charge in [0.2, 0.25) is 0 Å². The highest BCUT2D eigenvalue weighted by Crippen LogP contribution is 2.32. The summed E-state index contributed by atoms with van der Waals surface area (Å²) >= 11 is 1.50. The number of nitrogens with one attached hydrogen (secondary N) is 1. The Labute approximate surface area is 213 Å². The lowest BCUT2D eigenvalue weighted by molar-refractivity contribution is -0.384. The largest absolute Gasteiger partial charge is 0.352 e. The second kappa shape index (κ2) is 11.6. The summed E-state index contributed by atoms with van der Waals surface area (Å²) in [5, 5.41) is 24.0. The third-order valence-electron chi connectivity index (χ3n) is 5.50. The Morgan fingerprint density at radius 3 is 2.36 bits per heavy atom. The van der Waals surface area contributed by atoms with Gasteiger partial charge in [0.25, 0.3) is 11.6 Å². The first-order valence-corrected chi connectivity index (χ1v) is 12.6. The summed E-state index contributed by atoms with van der Waals surface area (Å²) in [5.74, 6) is 1.36. The molecular formula is C27H27N5O3S. The minimum absolute atomic E-state index is 0.0120. The number of carbonyl (C=O) groups is 1. The molecule has 0 atom stereocenters. The van der Waals surface area contributed by atoms with Crippen LogP contribution in [0, 0.1) is 16.0 Å². The summed E-state index contributed by atoms with van der Waals surface area (Å²) in [6.07, 6.45) is 0. The number of nitro groups is 1. The maximum Gasteiger partial charge on any atom is 0.280 e. The second-order valence-corrected chi connectivity index (χ2v) is 9.68. The lowest BCUT2D eigenvalue weighted by Gasteiger charge is -2.11. The highest BCUT2D eigenvalue weighted by molar-refractivity contribution is 7.98. The van der Waals surface area contributed by atoms with Gasteiger partial charge in [0.05, 0.1) is 17.0 Å². The van der Waals surface area contributed by atoms with Crippen molar-refractivity contribution < 1.29 is 9.72 Å². The Bertz CT molecular complexity index is 1340. The maximum absolute atomic E-state index is 12.3. The lowest BCUT2D eigenvalue weighted by atomic mass is 10.1. The number of amides is 1. The first-order valence-electron chi connectivity index (χ1n) is 11.6. The highest BCUT2D eigenvalue weighted by Gasteiger charge is 2.22. The molecule has 0 unspecified atom stereocenters. The molecule has 0 saturated heterocycles. The molecule has 4 aromatic rings. The molecule has 0 aliphatic heterocycles. The van der Waals surface area contributed by atoms with Crippen molar-refractivity contribution in [3.63, 3.8) is 0 Å². The number of rotatable bonds is 10. The molecule has 0 aliphatic carbocycles. The summed E-state index contributed by atoms with van der Waals surface area (Å²) in [6, 6.07) is 23.9. The van der Waals surface area contributed by atoms with Crippen LogP contribution in [0.1, 0.15) is 35.3 Å². The Kier molecular flexibility index (Phi) is 8.12. The Hall–Kier alpha value is -3.98. The molecule has 0 aliphatic rings. The summed E-state index contributed by atoms with van der Waals surface area (Å²) in [5.41, 5.74) is 3.10. The molecule has 9 heteroatoms. The summed E-state index contributed by atoms with van der Waals surface area (Å²) < 4.78 is 1.91. The van der Waals surface area contributed by atoms with Gasteiger partial charge in [-0.1, -0.05) is 80.2 Å². The van der Waals surface area contributed by atoms with Crippen LogP contribution in [-0.4, -0.2) is 32.1 Å². The van der Waals surface area contributed by atoms with E-state index in [4.69, 9.17) is 0 Å². The van der Waals surface area contributed by atoms with E-state index in [1.165, 1.54) is 17.8 Å². The second-order valence-electron chi connectivity index (χ2n) is 8.74. The number of nitro benzene ring substituents is 1. The monoisotopic (exact) mass is 501 g/mol. The molecule has 3 aromatic carbocycles. The zero-order valence-electron chi connectivity index (χ0n) is 20.1. The lowest BCUT2D eigenvalue weighted by Crippen LogP contribution is -2.27. The van der Waals surface area contributed by atoms with Crippen molar-refractivity contribution in [3.8, 4) is 11.4 Å². The van der Waals surface area contributed by atoms with Crippen LogP contribution in [0.15, 0.2) is 84.0 Å². The summed E-state index contributed by atoms with van der Waals surface area (Å²) in [7, 11) is 0. The number of nitrogens with zero attached hydrogens (tertiary/aromatic N) is 4. The van der Waals surface area contributed by atoms with Gasteiger partial charge in [0.1, 0.15) is 0 Å². The fourth-order valence-corrected chi connectivity index (χ4v) is 4.52. The average molecular weight is 502 g/mol. The molecule has 36 heavy (non-hydrogen) atoms. The van der Waals surface area contributed by atoms with E-state index in [1.807, 2.05) is 59.2 Å². The SMILES string of the molecule is CC(C)CNC(=O)c1ccc(CSc2nnc(-c3ccccc3[N+](=O)[O-])n2Cc2ccccc2)cc1. The van der Waals surface area contributed by atoms with Crippen LogP contribution in [0.4, 0.5) is 5.69 Å². The van der Waals surface area contributed by atoms with Crippen LogP contribution >= 0.6 is 11.8 Å². The normalized spacial score (nSPS) is 11.0. The number of thioether (sulfide) groups is 1. The predicted molar refractivity (Wildman–Crippen MR) is 141 cm³/mol. The van der Waals surface area contributed by atoms with Crippen molar-refractivity contribution >= 4 is 23.4 Å². The van der Waals surface area contributed by atoms with Gasteiger partial charge in [-0.3, -0.25) is 19.5 Å². The van der Waals surface area contributed by atoms with Crippen molar-refractivity contribution in [2.24, 2.45) is 5.92 Å². The van der Waals surface area contributed by atoms with E-state index >= 15 is 0 Å². The molecule has 1 amide bonds. The third kappa shape index (κ3) is 6.17. The molecule has 1 heterocycles. The smallest absolute Gasteiger partial charge is 0.280 e. The number of aromatic nitrogens is 3. The van der Waals surface area contributed by atoms with Crippen molar-refractivity contribution in [2.45, 2.75) is 31.3 Å². The quantitative estimate of drug-likeness (QED) is 0.173. The summed E-state index contributed by atoms with van der Waals surface area (Å²) in [4.78, 5) is 23.5. The van der Waals surface area contributed by atoms with Gasteiger partial charge in [-0.15, -0.1) is 10.2 Å². The third-order valence-corrected chi connectivity index (χ3v) is 6.53. The summed E-state index contributed by atoms with van der Waals surface area (Å²) in [6.45, 7) is 5.22. The Morgan fingerprint density at radius 2 is 1.67 bits per heavy atom. The van der Waals surface area contributed by atoms with E-state index in [2.05, 4.69) is 29.4 Å². The van der Waals surface area contributed by atoms with Crippen molar-refractivity contribution in [1.82, 2.24) is 20.1 Å². The molecule has 0 saturated carbocycles. The zero-order valence-corrected chi connectivity index (χ0v) is 20.9. The fraction of sp³-hybridized carbons (Fsp3) is 0.222. The molecule has 4 rings (SSSR count). The number of carbonyl (C=O) groups excluding carboxylic acids is 1. The van der Waals surface area contributed by atoms with Crippen molar-refractivity contribution in [3.05, 3.63) is 106 Å². The van der Waals surface area contributed by atoms with Gasteiger partial charge in [-0.2, -0.15) is 0 Å². The van der Waals surface area contributed by atoms with Gasteiger partial charge in [-0.05, 0) is 35.2 Å². The van der Waals surface area contributed by atoms with E-state index in [0.29, 0.717) is 46.9 Å². The van der Waals surface area contributed by atoms with E-state index in [1.54, 1.807) is 18.2 Å². The van der Waals surface area contributed by atoms with Crippen LogP contribution in [0.2, 0.25) is 0 Å². The Morgan fingerprint density at radius 1 is 0.972 bits per heavy atom. The topological polar surface area (TPSA) is 103 Å². The predicted octanol–water partition coefficient (Wildman–Crippen LogP) is 5.58. The van der Waals surface area contributed by atoms with Gasteiger partial charge in [-0.25, -0.2) is 0 Å². The molecule has 0 radical (unpaired) electrons. The van der Waals surface area contributed by atoms with Crippen molar-refractivity contribution in [2.75, 3.05) is 6.54 Å². The number of hydrogen-bond donors (Lipinski definition) is 1. The van der Waals surface area contributed by atoms with Gasteiger partial charge >= 0.3 is 0 Å².